The zero-order valence-corrected chi connectivity index (χ0v) is 13.3. The molecular weight excluding hydrogens is 302 g/mol. The normalized spacial score (nSPS) is 10.9. The smallest absolute Gasteiger partial charge is 0.151 e. The van der Waals surface area contributed by atoms with Crippen LogP contribution in [0.1, 0.15) is 5.56 Å². The second-order valence-corrected chi connectivity index (χ2v) is 5.55. The Morgan fingerprint density at radius 2 is 1.83 bits per heavy atom. The van der Waals surface area contributed by atoms with Crippen molar-refractivity contribution in [3.63, 3.8) is 0 Å². The Labute approximate surface area is 139 Å². The topological polar surface area (TPSA) is 128 Å². The molecule has 9 N–H and O–H groups in total. The zero-order chi connectivity index (χ0) is 15.8. The molecule has 2 heterocycles. The van der Waals surface area contributed by atoms with Crippen molar-refractivity contribution in [1.82, 2.24) is 11.1 Å². The van der Waals surface area contributed by atoms with Crippen molar-refractivity contribution in [3.05, 3.63) is 54.1 Å². The van der Waals surface area contributed by atoms with Gasteiger partial charge in [0.1, 0.15) is 5.58 Å². The molecule has 0 unspecified atom stereocenters. The number of nitrogens with two attached hydrogens (primary N) is 2. The summed E-state index contributed by atoms with van der Waals surface area (Å²) in [5.74, 6) is 0.815. The van der Waals surface area contributed by atoms with Crippen molar-refractivity contribution in [2.75, 3.05) is 12.0 Å². The summed E-state index contributed by atoms with van der Waals surface area (Å²) in [5, 5.41) is 5.27. The first kappa shape index (κ1) is 16.1. The standard InChI is InChI=1S/C18H18N4O.H3N/c19-9-11-1-3-15-12(5-11)7-16(22-15)18-8-13-6-14(21-10-20)2-4-17(13)23-18;/h1-8,21-22H,9-10,19-20H2;1H3. The Balaban J connectivity index is 0.00000169. The molecule has 4 rings (SSSR count). The van der Waals surface area contributed by atoms with E-state index in [0.29, 0.717) is 13.2 Å². The van der Waals surface area contributed by atoms with E-state index in [0.717, 1.165) is 44.6 Å². The van der Waals surface area contributed by atoms with Crippen LogP contribution in [0.25, 0.3) is 33.3 Å². The van der Waals surface area contributed by atoms with Gasteiger partial charge in [0.15, 0.2) is 5.76 Å². The fourth-order valence-corrected chi connectivity index (χ4v) is 2.85. The van der Waals surface area contributed by atoms with E-state index in [-0.39, 0.29) is 6.15 Å². The number of rotatable bonds is 4. The van der Waals surface area contributed by atoms with Crippen LogP contribution in [0, 0.1) is 0 Å². The summed E-state index contributed by atoms with van der Waals surface area (Å²) in [5.41, 5.74) is 16.2. The van der Waals surface area contributed by atoms with Crippen LogP contribution >= 0.6 is 0 Å². The molecule has 4 aromatic rings. The third-order valence-corrected chi connectivity index (χ3v) is 4.01. The van der Waals surface area contributed by atoms with E-state index >= 15 is 0 Å². The molecule has 0 spiro atoms. The highest BCUT2D eigenvalue weighted by molar-refractivity contribution is 5.89. The molecule has 0 saturated heterocycles. The third-order valence-electron chi connectivity index (χ3n) is 4.01. The van der Waals surface area contributed by atoms with Gasteiger partial charge in [-0.1, -0.05) is 6.07 Å². The van der Waals surface area contributed by atoms with Gasteiger partial charge in [-0.05, 0) is 48.0 Å². The van der Waals surface area contributed by atoms with Gasteiger partial charge in [0, 0.05) is 28.5 Å². The number of fused-ring (bicyclic) bond motifs is 2. The quantitative estimate of drug-likeness (QED) is 0.367. The van der Waals surface area contributed by atoms with Gasteiger partial charge in [0.25, 0.3) is 0 Å². The predicted octanol–water partition coefficient (Wildman–Crippen LogP) is 3.53. The minimum absolute atomic E-state index is 0. The van der Waals surface area contributed by atoms with E-state index in [4.69, 9.17) is 15.9 Å². The van der Waals surface area contributed by atoms with Gasteiger partial charge < -0.3 is 32.3 Å². The average Bonchev–Trinajstić information content (AvgIpc) is 3.17. The molecule has 2 aromatic heterocycles. The van der Waals surface area contributed by atoms with Crippen LogP contribution in [-0.2, 0) is 6.54 Å². The van der Waals surface area contributed by atoms with Crippen molar-refractivity contribution in [2.45, 2.75) is 6.54 Å². The Kier molecular flexibility index (Phi) is 4.26. The van der Waals surface area contributed by atoms with Crippen molar-refractivity contribution in [2.24, 2.45) is 11.5 Å². The van der Waals surface area contributed by atoms with Crippen LogP contribution in [0.5, 0.6) is 0 Å². The van der Waals surface area contributed by atoms with Gasteiger partial charge in [0.05, 0.1) is 12.4 Å². The van der Waals surface area contributed by atoms with Crippen molar-refractivity contribution in [1.29, 1.82) is 0 Å². The van der Waals surface area contributed by atoms with E-state index in [1.807, 2.05) is 36.4 Å². The third kappa shape index (κ3) is 2.74. The number of benzene rings is 2. The molecule has 0 atom stereocenters. The van der Waals surface area contributed by atoms with Crippen LogP contribution in [0.15, 0.2) is 52.9 Å². The highest BCUT2D eigenvalue weighted by Crippen LogP contribution is 2.31. The first-order chi connectivity index (χ1) is 11.3. The fourth-order valence-electron chi connectivity index (χ4n) is 2.85. The molecule has 6 heteroatoms. The van der Waals surface area contributed by atoms with Crippen molar-refractivity contribution < 1.29 is 4.42 Å². The maximum atomic E-state index is 5.96. The summed E-state index contributed by atoms with van der Waals surface area (Å²) in [6, 6.07) is 16.2. The Morgan fingerprint density at radius 1 is 0.958 bits per heavy atom. The van der Waals surface area contributed by atoms with E-state index < -0.39 is 0 Å². The summed E-state index contributed by atoms with van der Waals surface area (Å²) in [4.78, 5) is 3.39. The second-order valence-electron chi connectivity index (χ2n) is 5.55. The highest BCUT2D eigenvalue weighted by atomic mass is 16.3. The van der Waals surface area contributed by atoms with Gasteiger partial charge in [-0.15, -0.1) is 0 Å². The number of furan rings is 1. The van der Waals surface area contributed by atoms with E-state index in [9.17, 15) is 0 Å². The molecular formula is C18H21N5O. The largest absolute Gasteiger partial charge is 0.455 e. The molecule has 0 amide bonds. The van der Waals surface area contributed by atoms with Crippen LogP contribution < -0.4 is 22.9 Å². The summed E-state index contributed by atoms with van der Waals surface area (Å²) in [6.45, 7) is 0.944. The molecule has 0 radical (unpaired) electrons. The molecule has 124 valence electrons. The maximum Gasteiger partial charge on any atom is 0.151 e. The van der Waals surface area contributed by atoms with Gasteiger partial charge in [-0.3, -0.25) is 0 Å². The number of aromatic nitrogens is 1. The summed E-state index contributed by atoms with van der Waals surface area (Å²) in [7, 11) is 0. The Hall–Kier alpha value is -2.80. The Morgan fingerprint density at radius 3 is 2.62 bits per heavy atom. The van der Waals surface area contributed by atoms with Crippen LogP contribution in [-0.4, -0.2) is 11.7 Å². The summed E-state index contributed by atoms with van der Waals surface area (Å²) < 4.78 is 5.96. The number of hydrogen-bond acceptors (Lipinski definition) is 5. The minimum atomic E-state index is 0. The SMILES string of the molecule is N.NCNc1ccc2oc(-c3cc4cc(CN)ccc4[nH]3)cc2c1. The number of aromatic amines is 1. The highest BCUT2D eigenvalue weighted by Gasteiger charge is 2.10. The molecule has 0 aliphatic rings. The molecule has 0 saturated carbocycles. The predicted molar refractivity (Wildman–Crippen MR) is 99.1 cm³/mol. The lowest BCUT2D eigenvalue weighted by molar-refractivity contribution is 0.629. The summed E-state index contributed by atoms with van der Waals surface area (Å²) in [6.07, 6.45) is 0. The lowest BCUT2D eigenvalue weighted by atomic mass is 10.1. The van der Waals surface area contributed by atoms with Gasteiger partial charge in [0.2, 0.25) is 0 Å². The van der Waals surface area contributed by atoms with Gasteiger partial charge in [-0.2, -0.15) is 0 Å². The van der Waals surface area contributed by atoms with Gasteiger partial charge >= 0.3 is 0 Å². The molecule has 24 heavy (non-hydrogen) atoms. The van der Waals surface area contributed by atoms with E-state index in [1.165, 1.54) is 0 Å². The first-order valence-corrected chi connectivity index (χ1v) is 7.56. The summed E-state index contributed by atoms with van der Waals surface area (Å²) >= 11 is 0. The van der Waals surface area contributed by atoms with Gasteiger partial charge in [-0.25, -0.2) is 0 Å². The lowest BCUT2D eigenvalue weighted by Crippen LogP contribution is -2.10. The van der Waals surface area contributed by atoms with Crippen LogP contribution in [0.2, 0.25) is 0 Å². The number of H-pyrrole nitrogens is 1. The number of nitrogens with one attached hydrogen (secondary N) is 2. The second kappa shape index (κ2) is 6.37. The zero-order valence-electron chi connectivity index (χ0n) is 13.3. The molecule has 0 aliphatic carbocycles. The molecule has 0 fully saturated rings. The molecule has 0 bridgehead atoms. The minimum Gasteiger partial charge on any atom is -0.455 e. The van der Waals surface area contributed by atoms with Crippen molar-refractivity contribution in [3.8, 4) is 11.5 Å². The lowest BCUT2D eigenvalue weighted by Gasteiger charge is -2.00. The number of hydrogen-bond donors (Lipinski definition) is 5. The van der Waals surface area contributed by atoms with E-state index in [1.54, 1.807) is 0 Å². The maximum absolute atomic E-state index is 5.96. The van der Waals surface area contributed by atoms with Crippen LogP contribution in [0.4, 0.5) is 5.69 Å². The molecule has 6 nitrogen and oxygen atoms in total. The van der Waals surface area contributed by atoms with Crippen LogP contribution in [0.3, 0.4) is 0 Å². The monoisotopic (exact) mass is 323 g/mol. The Bertz CT molecular complexity index is 986. The first-order valence-electron chi connectivity index (χ1n) is 7.56. The molecule has 2 aromatic carbocycles. The fraction of sp³-hybridized carbons (Fsp3) is 0.111. The van der Waals surface area contributed by atoms with E-state index in [2.05, 4.69) is 22.4 Å². The number of anilines is 1. The molecule has 0 aliphatic heterocycles. The average molecular weight is 323 g/mol. The van der Waals surface area contributed by atoms with Crippen molar-refractivity contribution >= 4 is 27.6 Å².